The molecule has 30 heavy (non-hydrogen) atoms. The maximum atomic E-state index is 12.7. The molecule has 3 heterocycles. The third kappa shape index (κ3) is 4.29. The molecular weight excluding hydrogens is 399 g/mol. The average Bonchev–Trinajstić information content (AvgIpc) is 3.20. The Morgan fingerprint density at radius 1 is 1.00 bits per heavy atom. The van der Waals surface area contributed by atoms with Gasteiger partial charge in [0.1, 0.15) is 13.0 Å². The summed E-state index contributed by atoms with van der Waals surface area (Å²) in [6, 6.07) is 9.17. The highest BCUT2D eigenvalue weighted by Crippen LogP contribution is 2.27. The molecule has 1 aliphatic heterocycles. The number of hydrogen-bond donors (Lipinski definition) is 0. The minimum absolute atomic E-state index is 0.198. The van der Waals surface area contributed by atoms with Gasteiger partial charge in [0.25, 0.3) is 0 Å². The lowest BCUT2D eigenvalue weighted by Crippen LogP contribution is -2.47. The molecule has 0 radical (unpaired) electrons. The van der Waals surface area contributed by atoms with Crippen molar-refractivity contribution in [3.05, 3.63) is 64.6 Å². The topological polar surface area (TPSA) is 72.1 Å². The Balaban J connectivity index is 1.40. The fourth-order valence-corrected chi connectivity index (χ4v) is 3.27. The predicted octanol–water partition coefficient (Wildman–Crippen LogP) is 1.99. The number of piperazine rings is 1. The number of anilines is 2. The van der Waals surface area contributed by atoms with Gasteiger partial charge >= 0.3 is 11.9 Å². The second kappa shape index (κ2) is 7.81. The molecule has 0 unspecified atom stereocenters. The van der Waals surface area contributed by atoms with Crippen molar-refractivity contribution >= 4 is 11.6 Å². The largest absolute Gasteiger partial charge is 0.435 e. The fraction of sp³-hybridized carbons (Fsp3) is 0.368. The molecule has 1 saturated heterocycles. The minimum atomic E-state index is -4.53. The monoisotopic (exact) mass is 419 g/mol. The highest BCUT2D eigenvalue weighted by molar-refractivity contribution is 5.49. The lowest BCUT2D eigenvalue weighted by molar-refractivity contribution is -0.141. The number of halogens is 3. The van der Waals surface area contributed by atoms with Gasteiger partial charge in [-0.15, -0.1) is 0 Å². The van der Waals surface area contributed by atoms with E-state index in [0.717, 1.165) is 40.3 Å². The molecule has 11 heteroatoms. The van der Waals surface area contributed by atoms with Gasteiger partial charge in [0, 0.05) is 38.1 Å². The summed E-state index contributed by atoms with van der Waals surface area (Å²) >= 11 is 0. The lowest BCUT2D eigenvalue weighted by atomic mass is 10.2. The van der Waals surface area contributed by atoms with Crippen molar-refractivity contribution in [2.24, 2.45) is 0 Å². The van der Waals surface area contributed by atoms with Gasteiger partial charge in [0.05, 0.1) is 0 Å². The van der Waals surface area contributed by atoms with Crippen LogP contribution in [0.3, 0.4) is 0 Å². The van der Waals surface area contributed by atoms with Crippen molar-refractivity contribution < 1.29 is 13.2 Å². The minimum Gasteiger partial charge on any atom is -0.368 e. The van der Waals surface area contributed by atoms with Crippen LogP contribution < -0.4 is 15.5 Å². The highest BCUT2D eigenvalue weighted by atomic mass is 19.4. The zero-order valence-corrected chi connectivity index (χ0v) is 16.2. The first-order chi connectivity index (χ1) is 14.3. The van der Waals surface area contributed by atoms with Crippen molar-refractivity contribution in [3.8, 4) is 0 Å². The van der Waals surface area contributed by atoms with E-state index in [-0.39, 0.29) is 6.67 Å². The van der Waals surface area contributed by atoms with Crippen LogP contribution in [0, 0.1) is 6.92 Å². The average molecular weight is 419 g/mol. The molecule has 158 valence electrons. The van der Waals surface area contributed by atoms with E-state index < -0.39 is 17.6 Å². The summed E-state index contributed by atoms with van der Waals surface area (Å²) < 4.78 is 40.1. The first-order valence-corrected chi connectivity index (χ1v) is 9.40. The Morgan fingerprint density at radius 3 is 2.27 bits per heavy atom. The van der Waals surface area contributed by atoms with Crippen molar-refractivity contribution in [1.82, 2.24) is 24.3 Å². The fourth-order valence-electron chi connectivity index (χ4n) is 3.27. The molecule has 2 aromatic heterocycles. The molecule has 3 aromatic rings. The van der Waals surface area contributed by atoms with Gasteiger partial charge in [-0.1, -0.05) is 17.7 Å². The maximum absolute atomic E-state index is 12.7. The number of hydrogen-bond acceptors (Lipinski definition) is 6. The Morgan fingerprint density at radius 2 is 1.67 bits per heavy atom. The molecule has 0 atom stereocenters. The second-order valence-electron chi connectivity index (χ2n) is 7.10. The Hall–Kier alpha value is -3.37. The number of alkyl halides is 3. The van der Waals surface area contributed by atoms with E-state index in [9.17, 15) is 18.0 Å². The van der Waals surface area contributed by atoms with Crippen LogP contribution in [-0.4, -0.2) is 50.5 Å². The van der Waals surface area contributed by atoms with Crippen LogP contribution in [-0.2, 0) is 12.8 Å². The normalized spacial score (nSPS) is 14.9. The van der Waals surface area contributed by atoms with Crippen LogP contribution in [0.5, 0.6) is 0 Å². The summed E-state index contributed by atoms with van der Waals surface area (Å²) in [7, 11) is 0. The van der Waals surface area contributed by atoms with E-state index in [1.54, 1.807) is 0 Å². The lowest BCUT2D eigenvalue weighted by Gasteiger charge is -2.36. The van der Waals surface area contributed by atoms with E-state index in [1.165, 1.54) is 11.9 Å². The van der Waals surface area contributed by atoms with Crippen molar-refractivity contribution in [2.75, 3.05) is 36.0 Å². The third-order valence-electron chi connectivity index (χ3n) is 4.94. The molecule has 8 nitrogen and oxygen atoms in total. The summed E-state index contributed by atoms with van der Waals surface area (Å²) in [4.78, 5) is 24.7. The molecule has 0 saturated carbocycles. The zero-order chi connectivity index (χ0) is 21.3. The zero-order valence-electron chi connectivity index (χ0n) is 16.2. The molecule has 0 aliphatic carbocycles. The van der Waals surface area contributed by atoms with Crippen LogP contribution in [0.25, 0.3) is 0 Å². The van der Waals surface area contributed by atoms with Gasteiger partial charge in [0.2, 0.25) is 5.95 Å². The smallest absolute Gasteiger partial charge is 0.368 e. The first kappa shape index (κ1) is 19.9. The Kier molecular flexibility index (Phi) is 5.18. The summed E-state index contributed by atoms with van der Waals surface area (Å²) in [5.74, 6) is 0.316. The Labute approximate surface area is 170 Å². The quantitative estimate of drug-likeness (QED) is 0.644. The molecule has 0 spiro atoms. The van der Waals surface area contributed by atoms with Crippen molar-refractivity contribution in [1.29, 1.82) is 0 Å². The number of rotatable bonds is 4. The van der Waals surface area contributed by atoms with Crippen LogP contribution in [0.1, 0.15) is 11.3 Å². The number of nitrogens with zero attached hydrogens (tertiary/aromatic N) is 7. The van der Waals surface area contributed by atoms with Crippen LogP contribution >= 0.6 is 0 Å². The van der Waals surface area contributed by atoms with E-state index in [0.29, 0.717) is 19.0 Å². The van der Waals surface area contributed by atoms with Crippen LogP contribution in [0.4, 0.5) is 24.8 Å². The van der Waals surface area contributed by atoms with Crippen LogP contribution in [0.15, 0.2) is 47.7 Å². The SMILES string of the molecule is Cc1ccc(N2CCN(c3ncn(Cn4ccc(C(F)(F)F)n4)c(=O)n3)CC2)cc1. The summed E-state index contributed by atoms with van der Waals surface area (Å²) in [6.45, 7) is 4.70. The summed E-state index contributed by atoms with van der Waals surface area (Å²) in [5.41, 5.74) is 0.745. The molecule has 1 aromatic carbocycles. The number of aromatic nitrogens is 5. The van der Waals surface area contributed by atoms with E-state index in [1.807, 2.05) is 11.8 Å². The summed E-state index contributed by atoms with van der Waals surface area (Å²) in [5, 5.41) is 3.43. The van der Waals surface area contributed by atoms with Gasteiger partial charge in [-0.3, -0.25) is 9.25 Å². The number of benzene rings is 1. The predicted molar refractivity (Wildman–Crippen MR) is 105 cm³/mol. The van der Waals surface area contributed by atoms with E-state index in [4.69, 9.17) is 0 Å². The third-order valence-corrected chi connectivity index (χ3v) is 4.94. The molecular formula is C19H20F3N7O. The number of aryl methyl sites for hydroxylation is 1. The van der Waals surface area contributed by atoms with E-state index >= 15 is 0 Å². The van der Waals surface area contributed by atoms with Gasteiger partial charge < -0.3 is 9.80 Å². The van der Waals surface area contributed by atoms with Gasteiger partial charge in [0.15, 0.2) is 5.69 Å². The Bertz CT molecular complexity index is 1070. The molecule has 1 fully saturated rings. The van der Waals surface area contributed by atoms with Crippen LogP contribution in [0.2, 0.25) is 0 Å². The standard InChI is InChI=1S/C19H20F3N7O/c1-14-2-4-15(5-3-14)26-8-10-27(11-9-26)17-23-12-28(18(30)24-17)13-29-7-6-16(25-29)19(20,21)22/h2-7,12H,8-11,13H2,1H3. The molecule has 0 bridgehead atoms. The van der Waals surface area contributed by atoms with Gasteiger partial charge in [-0.05, 0) is 25.1 Å². The molecule has 0 amide bonds. The highest BCUT2D eigenvalue weighted by Gasteiger charge is 2.33. The van der Waals surface area contributed by atoms with Gasteiger partial charge in [-0.2, -0.15) is 23.3 Å². The van der Waals surface area contributed by atoms with Crippen molar-refractivity contribution in [3.63, 3.8) is 0 Å². The first-order valence-electron chi connectivity index (χ1n) is 9.40. The van der Waals surface area contributed by atoms with Gasteiger partial charge in [-0.25, -0.2) is 9.78 Å². The van der Waals surface area contributed by atoms with E-state index in [2.05, 4.69) is 44.2 Å². The second-order valence-corrected chi connectivity index (χ2v) is 7.10. The summed E-state index contributed by atoms with van der Waals surface area (Å²) in [6.07, 6.45) is -2.09. The molecule has 0 N–H and O–H groups in total. The van der Waals surface area contributed by atoms with Crippen molar-refractivity contribution in [2.45, 2.75) is 19.8 Å². The molecule has 4 rings (SSSR count). The molecule has 1 aliphatic rings. The maximum Gasteiger partial charge on any atom is 0.435 e.